The van der Waals surface area contributed by atoms with E-state index in [1.165, 1.54) is 97.6 Å². The lowest BCUT2D eigenvalue weighted by atomic mass is 9.99. The van der Waals surface area contributed by atoms with E-state index in [2.05, 4.69) is 10.6 Å². The highest BCUT2D eigenvalue weighted by Gasteiger charge is 2.57. The molecule has 404 valence electrons. The fourth-order valence-corrected chi connectivity index (χ4v) is 12.2. The zero-order valence-electron chi connectivity index (χ0n) is 41.2. The Hall–Kier alpha value is -5.43. The van der Waals surface area contributed by atoms with Gasteiger partial charge in [-0.3, -0.25) is 53.1 Å². The molecular formula is C43H58N6O21S3. The van der Waals surface area contributed by atoms with Gasteiger partial charge >= 0.3 is 53.7 Å². The highest BCUT2D eigenvalue weighted by molar-refractivity contribution is 8.15. The Bertz CT molecular complexity index is 2120. The molecule has 0 bridgehead atoms. The Balaban J connectivity index is 1.26. The monoisotopic (exact) mass is 1090 g/mol. The predicted octanol–water partition coefficient (Wildman–Crippen LogP) is -0.664. The smallest absolute Gasteiger partial charge is 0.303 e. The van der Waals surface area contributed by atoms with Crippen LogP contribution >= 0.6 is 35.3 Å². The summed E-state index contributed by atoms with van der Waals surface area (Å²) in [4.78, 5) is 126. The normalized spacial score (nSPS) is 32.9. The number of ether oxygens (including phenoxy) is 12. The van der Waals surface area contributed by atoms with Gasteiger partial charge in [0.25, 0.3) is 0 Å². The third-order valence-electron chi connectivity index (χ3n) is 11.1. The largest absolute Gasteiger partial charge is 0.463 e. The first kappa shape index (κ1) is 56.9. The molecule has 0 aromatic carbocycles. The summed E-state index contributed by atoms with van der Waals surface area (Å²) in [6.45, 7) is 10.4. The highest BCUT2D eigenvalue weighted by Crippen LogP contribution is 2.42. The molecule has 73 heavy (non-hydrogen) atoms. The molecular weight excluding hydrogens is 1030 g/mol. The molecule has 6 aliphatic heterocycles. The van der Waals surface area contributed by atoms with E-state index < -0.39 is 143 Å². The van der Waals surface area contributed by atoms with Crippen molar-refractivity contribution < 1.29 is 100.0 Å². The molecule has 6 aliphatic rings. The third kappa shape index (κ3) is 15.6. The molecule has 6 heterocycles. The molecule has 0 aromatic rings. The van der Waals surface area contributed by atoms with Gasteiger partial charge in [0.1, 0.15) is 50.6 Å². The fourth-order valence-electron chi connectivity index (χ4n) is 8.42. The number of carbonyl (C=O) groups excluding carboxylic acids is 9. The van der Waals surface area contributed by atoms with Crippen LogP contribution in [-0.2, 0) is 100.0 Å². The van der Waals surface area contributed by atoms with Crippen molar-refractivity contribution in [3.05, 3.63) is 0 Å². The van der Waals surface area contributed by atoms with Gasteiger partial charge in [0.2, 0.25) is 0 Å². The fraction of sp³-hybridized carbons (Fsp3) is 0.721. The van der Waals surface area contributed by atoms with E-state index >= 15 is 0 Å². The summed E-state index contributed by atoms with van der Waals surface area (Å²) in [6, 6.07) is 0. The van der Waals surface area contributed by atoms with Gasteiger partial charge in [-0.25, -0.2) is 4.99 Å². The van der Waals surface area contributed by atoms with Crippen molar-refractivity contribution in [3.63, 3.8) is 0 Å². The Morgan fingerprint density at radius 1 is 0.466 bits per heavy atom. The van der Waals surface area contributed by atoms with Gasteiger partial charge < -0.3 is 72.4 Å². The summed E-state index contributed by atoms with van der Waals surface area (Å²) >= 11 is 3.56. The van der Waals surface area contributed by atoms with Crippen molar-refractivity contribution in [2.24, 2.45) is 15.0 Å². The van der Waals surface area contributed by atoms with Gasteiger partial charge in [-0.2, -0.15) is 0 Å². The first-order valence-electron chi connectivity index (χ1n) is 22.9. The second-order valence-corrected chi connectivity index (χ2v) is 20.4. The van der Waals surface area contributed by atoms with Gasteiger partial charge in [-0.05, 0) is 0 Å². The average Bonchev–Trinajstić information content (AvgIpc) is 4.02. The lowest BCUT2D eigenvalue weighted by Crippen LogP contribution is -2.61. The van der Waals surface area contributed by atoms with Crippen LogP contribution in [0.5, 0.6) is 0 Å². The lowest BCUT2D eigenvalue weighted by Gasteiger charge is -2.41. The topological polar surface area (TPSA) is 329 Å². The van der Waals surface area contributed by atoms with Crippen molar-refractivity contribution in [3.8, 4) is 0 Å². The quantitative estimate of drug-likeness (QED) is 0.127. The molecule has 27 nitrogen and oxygen atoms in total. The van der Waals surface area contributed by atoms with Gasteiger partial charge in [0.15, 0.2) is 58.4 Å². The Morgan fingerprint density at radius 3 is 1.14 bits per heavy atom. The SMILES string of the molecule is CC(=O)OC[C@H]1O[C@@H]2N=C(N(CCN=C3N[C@H]4O[C@H](COC(C)=O)[C@@H](OC(C)=O)[C@H](OC(C)=O)[C@H]4S3)CCN=C3N[C@H]4O[C@H](COC(C)=O)[C@@H](OC(C)=O)[C@H](OC(C)=O)[C@H]4S3)S[C@@H]2[C@@H](OC(C)=O)[C@@H]1OC(C)=O. The van der Waals surface area contributed by atoms with Crippen LogP contribution in [-0.4, -0.2) is 209 Å². The first-order chi connectivity index (χ1) is 34.6. The summed E-state index contributed by atoms with van der Waals surface area (Å²) in [5.41, 5.74) is 0. The maximum Gasteiger partial charge on any atom is 0.303 e. The number of aliphatic imine (C=N–C) groups is 3. The van der Waals surface area contributed by atoms with Crippen molar-refractivity contribution in [1.29, 1.82) is 0 Å². The van der Waals surface area contributed by atoms with Gasteiger partial charge in [0, 0.05) is 75.4 Å². The summed E-state index contributed by atoms with van der Waals surface area (Å²) in [7, 11) is 0. The molecule has 0 radical (unpaired) electrons. The van der Waals surface area contributed by atoms with Crippen molar-refractivity contribution in [2.75, 3.05) is 46.0 Å². The maximum absolute atomic E-state index is 12.5. The van der Waals surface area contributed by atoms with Crippen LogP contribution in [0.3, 0.4) is 0 Å². The number of hydrogen-bond acceptors (Lipinski definition) is 28. The van der Waals surface area contributed by atoms with Crippen LogP contribution in [0.25, 0.3) is 0 Å². The van der Waals surface area contributed by atoms with E-state index in [1.54, 1.807) is 0 Å². The van der Waals surface area contributed by atoms with E-state index in [1.807, 2.05) is 4.90 Å². The van der Waals surface area contributed by atoms with Crippen LogP contribution in [0.15, 0.2) is 15.0 Å². The first-order valence-corrected chi connectivity index (χ1v) is 25.5. The number of fused-ring (bicyclic) bond motifs is 3. The third-order valence-corrected chi connectivity index (χ3v) is 14.9. The number of hydrogen-bond donors (Lipinski definition) is 2. The van der Waals surface area contributed by atoms with Crippen LogP contribution in [0.2, 0.25) is 0 Å². The van der Waals surface area contributed by atoms with Gasteiger partial charge in [-0.1, -0.05) is 35.3 Å². The van der Waals surface area contributed by atoms with E-state index in [0.29, 0.717) is 15.5 Å². The van der Waals surface area contributed by atoms with Crippen molar-refractivity contribution in [1.82, 2.24) is 15.5 Å². The van der Waals surface area contributed by atoms with E-state index in [4.69, 9.17) is 71.8 Å². The number of carbonyl (C=O) groups is 9. The molecule has 0 amide bonds. The van der Waals surface area contributed by atoms with Crippen LogP contribution in [0.1, 0.15) is 62.3 Å². The zero-order chi connectivity index (χ0) is 53.3. The summed E-state index contributed by atoms with van der Waals surface area (Å²) in [6.07, 6.45) is -12.3. The van der Waals surface area contributed by atoms with E-state index in [-0.39, 0.29) is 46.0 Å². The second kappa shape index (κ2) is 25.7. The number of rotatable bonds is 18. The minimum atomic E-state index is -1.18. The standard InChI is InChI=1S/C43H58N6O21S3/c1-17(50)59-14-26-29(62-20(4)53)32(65-23(7)56)35-38(68-26)46-41(71-35)44-10-12-49(43-48-40-37(73-43)34(67-25(9)58)31(64-22(6)55)28(70-40)16-61-19(3)52)13-11-45-42-47-39-36(72-42)33(66-24(8)57)30(63-21(5)54)27(69-39)15-60-18(2)51/h26-40H,10-16H2,1-9H3,(H,44,46)(H,45,47)/t26-,27-,28-,29-,30-,31-,32+,33+,34+,35-,36-,37-,38+,39+,40+/m1/s1. The summed E-state index contributed by atoms with van der Waals surface area (Å²) < 4.78 is 68.2. The average molecular weight is 1090 g/mol. The molecule has 0 spiro atoms. The Morgan fingerprint density at radius 2 is 0.795 bits per heavy atom. The molecule has 0 saturated carbocycles. The van der Waals surface area contributed by atoms with Crippen LogP contribution in [0.4, 0.5) is 0 Å². The summed E-state index contributed by atoms with van der Waals surface area (Å²) in [5, 5.41) is 5.46. The number of amidine groups is 3. The number of thioether (sulfide) groups is 3. The minimum absolute atomic E-state index is 0.0957. The molecule has 0 aliphatic carbocycles. The molecule has 0 unspecified atom stereocenters. The summed E-state index contributed by atoms with van der Waals surface area (Å²) in [5.74, 6) is -5.87. The Kier molecular flexibility index (Phi) is 20.0. The molecule has 5 fully saturated rings. The molecule has 15 atom stereocenters. The second-order valence-electron chi connectivity index (χ2n) is 16.9. The van der Waals surface area contributed by atoms with Crippen molar-refractivity contribution >= 4 is 105 Å². The number of esters is 9. The van der Waals surface area contributed by atoms with E-state index in [9.17, 15) is 43.2 Å². The van der Waals surface area contributed by atoms with Crippen LogP contribution in [0, 0.1) is 0 Å². The van der Waals surface area contributed by atoms with E-state index in [0.717, 1.165) is 0 Å². The Labute approximate surface area is 431 Å². The predicted molar refractivity (Wildman–Crippen MR) is 253 cm³/mol. The minimum Gasteiger partial charge on any atom is -0.463 e. The lowest BCUT2D eigenvalue weighted by molar-refractivity contribution is -0.213. The highest BCUT2D eigenvalue weighted by atomic mass is 32.2. The number of nitrogens with one attached hydrogen (secondary N) is 2. The maximum atomic E-state index is 12.5. The molecule has 30 heteroatoms. The van der Waals surface area contributed by atoms with Gasteiger partial charge in [-0.15, -0.1) is 0 Å². The van der Waals surface area contributed by atoms with Crippen LogP contribution < -0.4 is 10.6 Å². The molecule has 2 N–H and O–H groups in total. The molecule has 6 rings (SSSR count). The number of nitrogens with zero attached hydrogens (tertiary/aromatic N) is 4. The molecule has 5 saturated heterocycles. The van der Waals surface area contributed by atoms with Gasteiger partial charge in [0.05, 0.1) is 28.8 Å². The van der Waals surface area contributed by atoms with Crippen molar-refractivity contribution in [2.45, 2.75) is 152 Å². The molecule has 0 aromatic heterocycles. The zero-order valence-corrected chi connectivity index (χ0v) is 43.6.